The number of carbonyl (C=O) groups is 3. The zero-order chi connectivity index (χ0) is 21.8. The van der Waals surface area contributed by atoms with Gasteiger partial charge >= 0.3 is 6.09 Å². The molecule has 4 rings (SSSR count). The van der Waals surface area contributed by atoms with E-state index in [0.29, 0.717) is 26.1 Å². The first-order valence-corrected chi connectivity index (χ1v) is 10.7. The van der Waals surface area contributed by atoms with Crippen molar-refractivity contribution in [1.82, 2.24) is 21.0 Å². The SMILES string of the molecule is O=C(NO)[C@H]1C[C@H](OC(=O)N2CCC2)CN[C@@H]1C(=O)C1CC(c2ccccc2)=CCN1. The number of nitrogens with zero attached hydrogens (tertiary/aromatic N) is 1. The van der Waals surface area contributed by atoms with Crippen LogP contribution in [0.5, 0.6) is 0 Å². The lowest BCUT2D eigenvalue weighted by Crippen LogP contribution is -2.61. The molecular weight excluding hydrogens is 400 g/mol. The molecule has 3 aliphatic rings. The minimum absolute atomic E-state index is 0.136. The Balaban J connectivity index is 1.42. The van der Waals surface area contributed by atoms with Crippen molar-refractivity contribution in [3.8, 4) is 0 Å². The molecule has 0 aliphatic carbocycles. The van der Waals surface area contributed by atoms with Crippen LogP contribution in [-0.4, -0.2) is 72.3 Å². The fourth-order valence-corrected chi connectivity index (χ4v) is 4.35. The van der Waals surface area contributed by atoms with Gasteiger partial charge in [0.15, 0.2) is 5.78 Å². The molecule has 4 atom stereocenters. The Hall–Kier alpha value is -2.75. The maximum Gasteiger partial charge on any atom is 0.410 e. The minimum atomic E-state index is -0.840. The number of carbonyl (C=O) groups excluding carboxylic acids is 3. The molecule has 2 saturated heterocycles. The Labute approximate surface area is 180 Å². The van der Waals surface area contributed by atoms with E-state index in [4.69, 9.17) is 4.74 Å². The van der Waals surface area contributed by atoms with Gasteiger partial charge in [-0.3, -0.25) is 14.8 Å². The van der Waals surface area contributed by atoms with Gasteiger partial charge in [0.1, 0.15) is 6.10 Å². The van der Waals surface area contributed by atoms with Crippen molar-refractivity contribution < 1.29 is 24.3 Å². The Morgan fingerprint density at radius 3 is 2.58 bits per heavy atom. The van der Waals surface area contributed by atoms with Gasteiger partial charge in [-0.05, 0) is 30.4 Å². The normalized spacial score (nSPS) is 28.2. The maximum atomic E-state index is 13.3. The van der Waals surface area contributed by atoms with Crippen molar-refractivity contribution in [2.24, 2.45) is 5.92 Å². The zero-order valence-electron chi connectivity index (χ0n) is 17.3. The van der Waals surface area contributed by atoms with Gasteiger partial charge < -0.3 is 20.3 Å². The number of rotatable bonds is 5. The topological polar surface area (TPSA) is 120 Å². The molecule has 2 fully saturated rings. The van der Waals surface area contributed by atoms with Crippen LogP contribution >= 0.6 is 0 Å². The molecule has 9 heteroatoms. The highest BCUT2D eigenvalue weighted by Crippen LogP contribution is 2.27. The number of Topliss-reactive ketones (excluding diaryl/α,β-unsaturated/α-hetero) is 1. The Bertz CT molecular complexity index is 855. The highest BCUT2D eigenvalue weighted by atomic mass is 16.6. The second-order valence-corrected chi connectivity index (χ2v) is 8.21. The van der Waals surface area contributed by atoms with Crippen molar-refractivity contribution in [3.63, 3.8) is 0 Å². The largest absolute Gasteiger partial charge is 0.445 e. The van der Waals surface area contributed by atoms with E-state index in [2.05, 4.69) is 16.7 Å². The summed E-state index contributed by atoms with van der Waals surface area (Å²) in [5.41, 5.74) is 3.81. The first-order valence-electron chi connectivity index (χ1n) is 10.7. The lowest BCUT2D eigenvalue weighted by atomic mass is 9.82. The van der Waals surface area contributed by atoms with Gasteiger partial charge in [0.25, 0.3) is 0 Å². The van der Waals surface area contributed by atoms with E-state index in [9.17, 15) is 19.6 Å². The van der Waals surface area contributed by atoms with Crippen LogP contribution in [0.3, 0.4) is 0 Å². The molecule has 4 N–H and O–H groups in total. The lowest BCUT2D eigenvalue weighted by molar-refractivity contribution is -0.141. The highest BCUT2D eigenvalue weighted by Gasteiger charge is 2.43. The molecule has 0 aromatic heterocycles. The van der Waals surface area contributed by atoms with E-state index >= 15 is 0 Å². The molecule has 31 heavy (non-hydrogen) atoms. The molecule has 1 unspecified atom stereocenters. The highest BCUT2D eigenvalue weighted by molar-refractivity contribution is 5.96. The van der Waals surface area contributed by atoms with Crippen LogP contribution in [0.4, 0.5) is 4.79 Å². The third-order valence-corrected chi connectivity index (χ3v) is 6.24. The summed E-state index contributed by atoms with van der Waals surface area (Å²) in [4.78, 5) is 39.4. The van der Waals surface area contributed by atoms with Gasteiger partial charge in [0.05, 0.1) is 18.0 Å². The minimum Gasteiger partial charge on any atom is -0.445 e. The summed E-state index contributed by atoms with van der Waals surface area (Å²) in [5.74, 6) is -1.64. The van der Waals surface area contributed by atoms with E-state index in [1.54, 1.807) is 10.4 Å². The summed E-state index contributed by atoms with van der Waals surface area (Å²) in [7, 11) is 0. The summed E-state index contributed by atoms with van der Waals surface area (Å²) >= 11 is 0. The summed E-state index contributed by atoms with van der Waals surface area (Å²) < 4.78 is 5.50. The van der Waals surface area contributed by atoms with Crippen molar-refractivity contribution in [3.05, 3.63) is 42.0 Å². The number of ether oxygens (including phenoxy) is 1. The molecule has 3 aliphatic heterocycles. The van der Waals surface area contributed by atoms with Crippen molar-refractivity contribution in [1.29, 1.82) is 0 Å². The van der Waals surface area contributed by atoms with E-state index in [1.807, 2.05) is 30.3 Å². The zero-order valence-corrected chi connectivity index (χ0v) is 17.3. The molecule has 0 saturated carbocycles. The molecule has 0 radical (unpaired) electrons. The number of hydroxylamine groups is 1. The third kappa shape index (κ3) is 4.79. The second-order valence-electron chi connectivity index (χ2n) is 8.21. The second kappa shape index (κ2) is 9.59. The number of likely N-dealkylation sites (tertiary alicyclic amines) is 1. The van der Waals surface area contributed by atoms with Gasteiger partial charge in [-0.1, -0.05) is 36.4 Å². The molecule has 1 aromatic rings. The average molecular weight is 428 g/mol. The van der Waals surface area contributed by atoms with Gasteiger partial charge in [-0.15, -0.1) is 0 Å². The fraction of sp³-hybridized carbons (Fsp3) is 0.500. The predicted octanol–water partition coefficient (Wildman–Crippen LogP) is 0.695. The number of hydrogen-bond acceptors (Lipinski definition) is 7. The van der Waals surface area contributed by atoms with Crippen LogP contribution in [0.1, 0.15) is 24.8 Å². The first-order chi connectivity index (χ1) is 15.1. The molecule has 1 aromatic carbocycles. The van der Waals surface area contributed by atoms with E-state index in [1.165, 1.54) is 0 Å². The van der Waals surface area contributed by atoms with E-state index < -0.39 is 36.1 Å². The van der Waals surface area contributed by atoms with Gasteiger partial charge in [-0.2, -0.15) is 0 Å². The molecular formula is C22H28N4O5. The summed E-state index contributed by atoms with van der Waals surface area (Å²) in [5, 5.41) is 15.5. The van der Waals surface area contributed by atoms with Crippen molar-refractivity contribution in [2.75, 3.05) is 26.2 Å². The predicted molar refractivity (Wildman–Crippen MR) is 112 cm³/mol. The molecule has 3 heterocycles. The molecule has 0 bridgehead atoms. The van der Waals surface area contributed by atoms with Gasteiger partial charge in [0.2, 0.25) is 5.91 Å². The van der Waals surface area contributed by atoms with Crippen LogP contribution in [0.2, 0.25) is 0 Å². The Morgan fingerprint density at radius 1 is 1.13 bits per heavy atom. The lowest BCUT2D eigenvalue weighted by Gasteiger charge is -2.38. The van der Waals surface area contributed by atoms with Crippen molar-refractivity contribution >= 4 is 23.4 Å². The van der Waals surface area contributed by atoms with Crippen LogP contribution < -0.4 is 16.1 Å². The van der Waals surface area contributed by atoms with E-state index in [0.717, 1.165) is 17.6 Å². The maximum absolute atomic E-state index is 13.3. The molecule has 9 nitrogen and oxygen atoms in total. The number of hydrogen-bond donors (Lipinski definition) is 4. The van der Waals surface area contributed by atoms with Crippen LogP contribution in [0.15, 0.2) is 36.4 Å². The number of nitrogens with one attached hydrogen (secondary N) is 3. The number of piperidine rings is 1. The van der Waals surface area contributed by atoms with Crippen LogP contribution in [-0.2, 0) is 14.3 Å². The summed E-state index contributed by atoms with van der Waals surface area (Å²) in [6, 6.07) is 8.66. The van der Waals surface area contributed by atoms with Crippen molar-refractivity contribution in [2.45, 2.75) is 37.5 Å². The number of benzene rings is 1. The monoisotopic (exact) mass is 428 g/mol. The van der Waals surface area contributed by atoms with Gasteiger partial charge in [-0.25, -0.2) is 10.3 Å². The number of amides is 2. The quantitative estimate of drug-likeness (QED) is 0.402. The van der Waals surface area contributed by atoms with Crippen LogP contribution in [0.25, 0.3) is 5.57 Å². The molecule has 2 amide bonds. The van der Waals surface area contributed by atoms with Gasteiger partial charge in [0, 0.05) is 26.2 Å². The standard InChI is InChI=1S/C22H28N4O5/c27-20(18-11-15(7-8-23-18)14-5-2-1-3-6-14)19-17(21(28)25-30)12-16(13-24-19)31-22(29)26-9-4-10-26/h1-3,5-7,16-19,23-24,30H,4,8-13H2,(H,25,28)/t16-,17-,18?,19-/m0/s1. The molecule has 0 spiro atoms. The molecule has 166 valence electrons. The Kier molecular flexibility index (Phi) is 6.64. The first kappa shape index (κ1) is 21.5. The number of ketones is 1. The summed E-state index contributed by atoms with van der Waals surface area (Å²) in [6.07, 6.45) is 2.76. The Morgan fingerprint density at radius 2 is 1.90 bits per heavy atom. The van der Waals surface area contributed by atoms with E-state index in [-0.39, 0.29) is 18.7 Å². The average Bonchev–Trinajstić information content (AvgIpc) is 2.77. The fourth-order valence-electron chi connectivity index (χ4n) is 4.35. The smallest absolute Gasteiger partial charge is 0.410 e. The third-order valence-electron chi connectivity index (χ3n) is 6.24. The summed E-state index contributed by atoms with van der Waals surface area (Å²) in [6.45, 7) is 2.18. The van der Waals surface area contributed by atoms with Crippen LogP contribution in [0, 0.1) is 5.92 Å².